The smallest absolute Gasteiger partial charge is 0.180 e. The molecule has 3 heterocycles. The zero-order valence-electron chi connectivity index (χ0n) is 9.95. The molecule has 3 aromatic rings. The molecule has 6 nitrogen and oxygen atoms in total. The summed E-state index contributed by atoms with van der Waals surface area (Å²) in [6.07, 6.45) is 8.69. The number of imidazole rings is 1. The van der Waals surface area contributed by atoms with Gasteiger partial charge in [0.05, 0.1) is 18.7 Å². The molecule has 0 aliphatic carbocycles. The summed E-state index contributed by atoms with van der Waals surface area (Å²) in [6.45, 7) is 0.690. The Hall–Kier alpha value is -2.50. The molecular formula is C12H13N5O. The molecule has 0 aliphatic rings. The lowest BCUT2D eigenvalue weighted by molar-refractivity contribution is 0.563. The molecule has 92 valence electrons. The first kappa shape index (κ1) is 10.6. The summed E-state index contributed by atoms with van der Waals surface area (Å²) in [7, 11) is 1.95. The van der Waals surface area contributed by atoms with E-state index in [9.17, 15) is 0 Å². The number of nitrogen functional groups attached to an aromatic ring is 1. The number of rotatable bonds is 3. The van der Waals surface area contributed by atoms with Gasteiger partial charge in [-0.2, -0.15) is 0 Å². The minimum atomic E-state index is 0.467. The second-order valence-corrected chi connectivity index (χ2v) is 4.14. The van der Waals surface area contributed by atoms with E-state index < -0.39 is 0 Å². The molecule has 0 aliphatic heterocycles. The standard InChI is InChI=1S/C12H13N5O/c1-16(6-9-2-5-18-8-9)12-11-14-3-4-17(11)7-10(13)15-12/h2-5,7-8H,6,13H2,1H3. The van der Waals surface area contributed by atoms with Crippen LogP contribution in [0.3, 0.4) is 0 Å². The Morgan fingerprint density at radius 2 is 2.39 bits per heavy atom. The third-order valence-corrected chi connectivity index (χ3v) is 2.74. The van der Waals surface area contributed by atoms with Crippen LogP contribution in [0.5, 0.6) is 0 Å². The summed E-state index contributed by atoms with van der Waals surface area (Å²) < 4.78 is 6.92. The van der Waals surface area contributed by atoms with Crippen molar-refractivity contribution in [2.75, 3.05) is 17.7 Å². The topological polar surface area (TPSA) is 72.6 Å². The second-order valence-electron chi connectivity index (χ2n) is 4.14. The van der Waals surface area contributed by atoms with E-state index in [1.807, 2.05) is 28.6 Å². The lowest BCUT2D eigenvalue weighted by Gasteiger charge is -2.18. The van der Waals surface area contributed by atoms with Crippen molar-refractivity contribution in [3.05, 3.63) is 42.7 Å². The van der Waals surface area contributed by atoms with E-state index in [1.165, 1.54) is 0 Å². The molecular weight excluding hydrogens is 230 g/mol. The van der Waals surface area contributed by atoms with E-state index in [4.69, 9.17) is 10.2 Å². The Labute approximate surface area is 104 Å². The summed E-state index contributed by atoms with van der Waals surface area (Å²) in [5.74, 6) is 1.22. The van der Waals surface area contributed by atoms with Gasteiger partial charge in [-0.15, -0.1) is 0 Å². The molecule has 3 rings (SSSR count). The van der Waals surface area contributed by atoms with Crippen LogP contribution in [0, 0.1) is 0 Å². The van der Waals surface area contributed by atoms with Gasteiger partial charge in [-0.3, -0.25) is 0 Å². The number of hydrogen-bond acceptors (Lipinski definition) is 5. The molecule has 0 unspecified atom stereocenters. The van der Waals surface area contributed by atoms with Gasteiger partial charge < -0.3 is 19.5 Å². The molecule has 0 atom stereocenters. The summed E-state index contributed by atoms with van der Waals surface area (Å²) in [4.78, 5) is 10.6. The van der Waals surface area contributed by atoms with E-state index in [1.54, 1.807) is 24.9 Å². The summed E-state index contributed by atoms with van der Waals surface area (Å²) in [5, 5.41) is 0. The highest BCUT2D eigenvalue weighted by atomic mass is 16.3. The minimum Gasteiger partial charge on any atom is -0.472 e. The van der Waals surface area contributed by atoms with Gasteiger partial charge in [0.15, 0.2) is 11.5 Å². The average Bonchev–Trinajstić information content (AvgIpc) is 2.97. The van der Waals surface area contributed by atoms with Crippen molar-refractivity contribution in [3.8, 4) is 0 Å². The predicted octanol–water partition coefficient (Wildman–Crippen LogP) is 1.54. The van der Waals surface area contributed by atoms with Crippen molar-refractivity contribution >= 4 is 17.3 Å². The third-order valence-electron chi connectivity index (χ3n) is 2.74. The second kappa shape index (κ2) is 4.06. The number of nitrogens with zero attached hydrogens (tertiary/aromatic N) is 4. The fourth-order valence-corrected chi connectivity index (χ4v) is 1.92. The van der Waals surface area contributed by atoms with Crippen LogP contribution in [0.1, 0.15) is 5.56 Å². The Kier molecular flexibility index (Phi) is 2.40. The molecule has 0 amide bonds. The first-order valence-electron chi connectivity index (χ1n) is 5.55. The summed E-state index contributed by atoms with van der Waals surface area (Å²) in [6, 6.07) is 1.92. The lowest BCUT2D eigenvalue weighted by atomic mass is 10.3. The Morgan fingerprint density at radius 1 is 1.50 bits per heavy atom. The minimum absolute atomic E-state index is 0.467. The van der Waals surface area contributed by atoms with Crippen molar-refractivity contribution in [2.45, 2.75) is 6.54 Å². The molecule has 18 heavy (non-hydrogen) atoms. The summed E-state index contributed by atoms with van der Waals surface area (Å²) >= 11 is 0. The highest BCUT2D eigenvalue weighted by Gasteiger charge is 2.11. The van der Waals surface area contributed by atoms with Crippen LogP contribution in [0.15, 0.2) is 41.6 Å². The van der Waals surface area contributed by atoms with Crippen molar-refractivity contribution in [1.29, 1.82) is 0 Å². The van der Waals surface area contributed by atoms with Crippen LogP contribution in [-0.4, -0.2) is 21.4 Å². The molecule has 2 N–H and O–H groups in total. The third kappa shape index (κ3) is 1.77. The van der Waals surface area contributed by atoms with Gasteiger partial charge >= 0.3 is 0 Å². The number of hydrogen-bond donors (Lipinski definition) is 1. The number of nitrogens with two attached hydrogens (primary N) is 1. The fraction of sp³-hybridized carbons (Fsp3) is 0.167. The Bertz CT molecular complexity index is 658. The fourth-order valence-electron chi connectivity index (χ4n) is 1.92. The molecule has 0 aromatic carbocycles. The van der Waals surface area contributed by atoms with Crippen LogP contribution >= 0.6 is 0 Å². The zero-order valence-corrected chi connectivity index (χ0v) is 9.95. The van der Waals surface area contributed by atoms with E-state index in [0.717, 1.165) is 17.0 Å². The molecule has 0 saturated heterocycles. The molecule has 0 bridgehead atoms. The first-order valence-corrected chi connectivity index (χ1v) is 5.55. The van der Waals surface area contributed by atoms with Crippen LogP contribution in [-0.2, 0) is 6.54 Å². The SMILES string of the molecule is CN(Cc1ccoc1)c1nc(N)cn2ccnc12. The quantitative estimate of drug-likeness (QED) is 0.755. The van der Waals surface area contributed by atoms with Crippen LogP contribution < -0.4 is 10.6 Å². The Morgan fingerprint density at radius 3 is 3.17 bits per heavy atom. The lowest BCUT2D eigenvalue weighted by Crippen LogP contribution is -2.19. The van der Waals surface area contributed by atoms with Gasteiger partial charge in [0.2, 0.25) is 0 Å². The maximum atomic E-state index is 5.79. The van der Waals surface area contributed by atoms with Crippen LogP contribution in [0.2, 0.25) is 0 Å². The van der Waals surface area contributed by atoms with E-state index in [-0.39, 0.29) is 0 Å². The molecule has 3 aromatic heterocycles. The normalized spacial score (nSPS) is 10.9. The highest BCUT2D eigenvalue weighted by Crippen LogP contribution is 2.20. The maximum absolute atomic E-state index is 5.79. The predicted molar refractivity (Wildman–Crippen MR) is 68.2 cm³/mol. The van der Waals surface area contributed by atoms with Crippen LogP contribution in [0.25, 0.3) is 5.65 Å². The molecule has 0 radical (unpaired) electrons. The van der Waals surface area contributed by atoms with Crippen molar-refractivity contribution in [1.82, 2.24) is 14.4 Å². The largest absolute Gasteiger partial charge is 0.472 e. The highest BCUT2D eigenvalue weighted by molar-refractivity contribution is 5.66. The number of furan rings is 1. The Balaban J connectivity index is 2.00. The molecule has 0 fully saturated rings. The van der Waals surface area contributed by atoms with Gasteiger partial charge in [-0.25, -0.2) is 9.97 Å². The number of fused-ring (bicyclic) bond motifs is 1. The van der Waals surface area contributed by atoms with Crippen molar-refractivity contribution < 1.29 is 4.42 Å². The van der Waals surface area contributed by atoms with Gasteiger partial charge in [-0.05, 0) is 6.07 Å². The van der Waals surface area contributed by atoms with Crippen molar-refractivity contribution in [3.63, 3.8) is 0 Å². The molecule has 6 heteroatoms. The van der Waals surface area contributed by atoms with E-state index >= 15 is 0 Å². The number of anilines is 2. The number of aromatic nitrogens is 3. The zero-order chi connectivity index (χ0) is 12.5. The molecule has 0 saturated carbocycles. The van der Waals surface area contributed by atoms with E-state index in [0.29, 0.717) is 12.4 Å². The first-order chi connectivity index (χ1) is 8.74. The molecule has 0 spiro atoms. The van der Waals surface area contributed by atoms with Gasteiger partial charge in [-0.1, -0.05) is 0 Å². The van der Waals surface area contributed by atoms with Crippen LogP contribution in [0.4, 0.5) is 11.6 Å². The van der Waals surface area contributed by atoms with E-state index in [2.05, 4.69) is 9.97 Å². The maximum Gasteiger partial charge on any atom is 0.180 e. The average molecular weight is 243 g/mol. The van der Waals surface area contributed by atoms with Gasteiger partial charge in [0, 0.05) is 31.5 Å². The summed E-state index contributed by atoms with van der Waals surface area (Å²) in [5.41, 5.74) is 7.65. The van der Waals surface area contributed by atoms with Gasteiger partial charge in [0.1, 0.15) is 5.82 Å². The van der Waals surface area contributed by atoms with Crippen molar-refractivity contribution in [2.24, 2.45) is 0 Å². The monoisotopic (exact) mass is 243 g/mol. The van der Waals surface area contributed by atoms with Gasteiger partial charge in [0.25, 0.3) is 0 Å².